The molecule has 0 amide bonds. The van der Waals surface area contributed by atoms with Gasteiger partial charge in [0.2, 0.25) is 0 Å². The number of Topliss-reactive ketones (excluding diaryl/α,β-unsaturated/α-hetero) is 1. The van der Waals surface area contributed by atoms with Gasteiger partial charge in [0.15, 0.2) is 0 Å². The number of hydrogen-bond acceptors (Lipinski definition) is 5. The fourth-order valence-corrected chi connectivity index (χ4v) is 8.92. The standard InChI is InChI=1S/C32H53NO4/c1-31(2)27-10-6-7-11-28(27)33(3)32(31)19-18-24-22-25(14-17-29(24)37-32)30(35)23-12-15-26(16-13-23)36-21-9-5-4-8-20-34/h18-19,23-29,34H,4-17,20-22H2,1-3H3. The number of carbonyl (C=O) groups excluding carboxylic acids is 1. The van der Waals surface area contributed by atoms with Crippen molar-refractivity contribution >= 4 is 5.78 Å². The molecule has 210 valence electrons. The molecular formula is C32H53NO4. The van der Waals surface area contributed by atoms with Crippen LogP contribution in [0.15, 0.2) is 12.2 Å². The molecule has 3 aliphatic carbocycles. The van der Waals surface area contributed by atoms with Crippen LogP contribution in [0, 0.1) is 29.1 Å². The molecule has 3 saturated carbocycles. The molecular weight excluding hydrogens is 462 g/mol. The molecule has 6 atom stereocenters. The minimum Gasteiger partial charge on any atom is -0.396 e. The predicted octanol–water partition coefficient (Wildman–Crippen LogP) is 6.28. The van der Waals surface area contributed by atoms with Crippen molar-refractivity contribution in [3.05, 3.63) is 12.2 Å². The molecule has 6 unspecified atom stereocenters. The molecule has 1 saturated heterocycles. The van der Waals surface area contributed by atoms with Crippen LogP contribution in [-0.2, 0) is 14.3 Å². The van der Waals surface area contributed by atoms with Crippen molar-refractivity contribution in [3.8, 4) is 0 Å². The summed E-state index contributed by atoms with van der Waals surface area (Å²) in [5.74, 6) is 2.04. The Morgan fingerprint density at radius 2 is 1.70 bits per heavy atom. The maximum Gasteiger partial charge on any atom is 0.146 e. The van der Waals surface area contributed by atoms with E-state index in [2.05, 4.69) is 37.9 Å². The first kappa shape index (κ1) is 27.8. The monoisotopic (exact) mass is 515 g/mol. The molecule has 0 aromatic heterocycles. The number of likely N-dealkylation sites (N-methyl/N-ethyl adjacent to an activating group) is 1. The maximum absolute atomic E-state index is 13.5. The Kier molecular flexibility index (Phi) is 8.85. The van der Waals surface area contributed by atoms with Crippen molar-refractivity contribution in [2.45, 2.75) is 134 Å². The summed E-state index contributed by atoms with van der Waals surface area (Å²) < 4.78 is 13.2. The molecule has 2 aliphatic heterocycles. The van der Waals surface area contributed by atoms with Crippen LogP contribution >= 0.6 is 0 Å². The first-order valence-electron chi connectivity index (χ1n) is 15.7. The molecule has 1 N–H and O–H groups in total. The zero-order valence-electron chi connectivity index (χ0n) is 23.8. The third-order valence-corrected chi connectivity index (χ3v) is 11.2. The highest BCUT2D eigenvalue weighted by Gasteiger charge is 2.64. The SMILES string of the molecule is CN1C2CCCCC2C(C)(C)C12C=CC1CC(C(=O)C3CCC(OCCCCCCO)CC3)CCC1O2. The zero-order valence-corrected chi connectivity index (χ0v) is 23.8. The van der Waals surface area contributed by atoms with Crippen molar-refractivity contribution in [2.75, 3.05) is 20.3 Å². The van der Waals surface area contributed by atoms with Gasteiger partial charge in [-0.25, -0.2) is 0 Å². The number of rotatable bonds is 9. The molecule has 5 nitrogen and oxygen atoms in total. The predicted molar refractivity (Wildman–Crippen MR) is 147 cm³/mol. The van der Waals surface area contributed by atoms with Gasteiger partial charge in [-0.15, -0.1) is 0 Å². The van der Waals surface area contributed by atoms with E-state index in [9.17, 15) is 4.79 Å². The van der Waals surface area contributed by atoms with Gasteiger partial charge in [-0.3, -0.25) is 9.69 Å². The van der Waals surface area contributed by atoms with Crippen LogP contribution in [0.1, 0.15) is 110 Å². The number of ether oxygens (including phenoxy) is 2. The first-order chi connectivity index (χ1) is 17.9. The number of aliphatic hydroxyl groups is 1. The molecule has 2 heterocycles. The van der Waals surface area contributed by atoms with Gasteiger partial charge in [-0.2, -0.15) is 0 Å². The van der Waals surface area contributed by atoms with Crippen LogP contribution in [-0.4, -0.2) is 60.0 Å². The number of unbranched alkanes of at least 4 members (excludes halogenated alkanes) is 3. The maximum atomic E-state index is 13.5. The third-order valence-electron chi connectivity index (χ3n) is 11.2. The minimum atomic E-state index is -0.290. The van der Waals surface area contributed by atoms with Gasteiger partial charge < -0.3 is 14.6 Å². The molecule has 37 heavy (non-hydrogen) atoms. The lowest BCUT2D eigenvalue weighted by Crippen LogP contribution is -2.57. The number of nitrogens with zero attached hydrogens (tertiary/aromatic N) is 1. The van der Waals surface area contributed by atoms with Crippen molar-refractivity contribution in [1.29, 1.82) is 0 Å². The fourth-order valence-electron chi connectivity index (χ4n) is 8.92. The Morgan fingerprint density at radius 3 is 2.46 bits per heavy atom. The van der Waals surface area contributed by atoms with Crippen LogP contribution in [0.5, 0.6) is 0 Å². The van der Waals surface area contributed by atoms with Crippen molar-refractivity contribution in [3.63, 3.8) is 0 Å². The van der Waals surface area contributed by atoms with E-state index < -0.39 is 0 Å². The van der Waals surface area contributed by atoms with E-state index in [0.29, 0.717) is 36.4 Å². The fraction of sp³-hybridized carbons (Fsp3) is 0.906. The number of ketones is 1. The van der Waals surface area contributed by atoms with Crippen LogP contribution in [0.4, 0.5) is 0 Å². The molecule has 5 aliphatic rings. The summed E-state index contributed by atoms with van der Waals surface area (Å²) in [6.45, 7) is 6.00. The highest BCUT2D eigenvalue weighted by molar-refractivity contribution is 5.83. The van der Waals surface area contributed by atoms with Gasteiger partial charge >= 0.3 is 0 Å². The second-order valence-electron chi connectivity index (χ2n) is 13.6. The normalized spacial score (nSPS) is 41.5. The summed E-state index contributed by atoms with van der Waals surface area (Å²) in [4.78, 5) is 16.1. The Labute approximate surface area is 225 Å². The minimum absolute atomic E-state index is 0.112. The highest BCUT2D eigenvalue weighted by Crippen LogP contribution is 2.59. The van der Waals surface area contributed by atoms with Gasteiger partial charge in [0.05, 0.1) is 12.2 Å². The Bertz CT molecular complexity index is 803. The summed E-state index contributed by atoms with van der Waals surface area (Å²) in [6.07, 6.45) is 22.0. The van der Waals surface area contributed by atoms with Gasteiger partial charge in [0.25, 0.3) is 0 Å². The lowest BCUT2D eigenvalue weighted by atomic mass is 9.66. The smallest absolute Gasteiger partial charge is 0.146 e. The number of aliphatic hydroxyl groups excluding tert-OH is 1. The topological polar surface area (TPSA) is 59.0 Å². The van der Waals surface area contributed by atoms with Crippen LogP contribution in [0.25, 0.3) is 0 Å². The molecule has 4 fully saturated rings. The van der Waals surface area contributed by atoms with Crippen LogP contribution in [0.3, 0.4) is 0 Å². The lowest BCUT2D eigenvalue weighted by molar-refractivity contribution is -0.208. The second-order valence-corrected chi connectivity index (χ2v) is 13.6. The highest BCUT2D eigenvalue weighted by atomic mass is 16.5. The molecule has 5 rings (SSSR count). The van der Waals surface area contributed by atoms with E-state index in [1.165, 1.54) is 25.7 Å². The first-order valence-corrected chi connectivity index (χ1v) is 15.7. The average Bonchev–Trinajstić information content (AvgIpc) is 3.08. The van der Waals surface area contributed by atoms with Gasteiger partial charge in [-0.05, 0) is 89.7 Å². The Morgan fingerprint density at radius 1 is 0.973 bits per heavy atom. The van der Waals surface area contributed by atoms with E-state index >= 15 is 0 Å². The molecule has 1 spiro atoms. The number of hydrogen-bond donors (Lipinski definition) is 1. The van der Waals surface area contributed by atoms with Crippen molar-refractivity contribution in [2.24, 2.45) is 29.1 Å². The van der Waals surface area contributed by atoms with Crippen LogP contribution in [0.2, 0.25) is 0 Å². The van der Waals surface area contributed by atoms with Gasteiger partial charge in [-0.1, -0.05) is 45.6 Å². The number of carbonyl (C=O) groups is 1. The van der Waals surface area contributed by atoms with E-state index in [0.717, 1.165) is 77.2 Å². The Balaban J connectivity index is 1.12. The van der Waals surface area contributed by atoms with E-state index in [-0.39, 0.29) is 29.1 Å². The molecule has 0 radical (unpaired) electrons. The van der Waals surface area contributed by atoms with E-state index in [1.54, 1.807) is 0 Å². The number of fused-ring (bicyclic) bond motifs is 2. The van der Waals surface area contributed by atoms with E-state index in [4.69, 9.17) is 14.6 Å². The second kappa shape index (κ2) is 11.8. The lowest BCUT2D eigenvalue weighted by Gasteiger charge is -2.51. The summed E-state index contributed by atoms with van der Waals surface area (Å²) in [7, 11) is 2.30. The molecule has 5 heteroatoms. The summed E-state index contributed by atoms with van der Waals surface area (Å²) in [5, 5.41) is 8.89. The third kappa shape index (κ3) is 5.36. The largest absolute Gasteiger partial charge is 0.396 e. The summed E-state index contributed by atoms with van der Waals surface area (Å²) in [6, 6.07) is 0.633. The quantitative estimate of drug-likeness (QED) is 0.289. The van der Waals surface area contributed by atoms with Crippen molar-refractivity contribution in [1.82, 2.24) is 4.90 Å². The zero-order chi connectivity index (χ0) is 26.0. The Hall–Kier alpha value is -0.750. The summed E-state index contributed by atoms with van der Waals surface area (Å²) in [5.41, 5.74) is -0.178. The van der Waals surface area contributed by atoms with Crippen LogP contribution < -0.4 is 0 Å². The molecule has 0 aromatic rings. The average molecular weight is 516 g/mol. The van der Waals surface area contributed by atoms with Crippen molar-refractivity contribution < 1.29 is 19.4 Å². The summed E-state index contributed by atoms with van der Waals surface area (Å²) >= 11 is 0. The molecule has 0 aromatic carbocycles. The van der Waals surface area contributed by atoms with E-state index in [1.807, 2.05) is 0 Å². The van der Waals surface area contributed by atoms with Gasteiger partial charge in [0.1, 0.15) is 11.5 Å². The number of likely N-dealkylation sites (tertiary alicyclic amines) is 1. The molecule has 0 bridgehead atoms. The van der Waals surface area contributed by atoms with Gasteiger partial charge in [0, 0.05) is 42.4 Å².